The first-order valence-electron chi connectivity index (χ1n) is 12.1. The van der Waals surface area contributed by atoms with Crippen LogP contribution in [0, 0.1) is 0 Å². The van der Waals surface area contributed by atoms with Gasteiger partial charge in [-0.15, -0.1) is 0 Å². The van der Waals surface area contributed by atoms with E-state index in [1.807, 2.05) is 19.9 Å². The highest BCUT2D eigenvalue weighted by molar-refractivity contribution is 7.85. The molecule has 11 heteroatoms. The van der Waals surface area contributed by atoms with Crippen molar-refractivity contribution in [3.8, 4) is 23.0 Å². The van der Waals surface area contributed by atoms with Gasteiger partial charge >= 0.3 is 0 Å². The number of fused-ring (bicyclic) bond motifs is 2. The molecule has 0 radical (unpaired) electrons. The number of ether oxygens (including phenoxy) is 4. The first-order chi connectivity index (χ1) is 17.1. The van der Waals surface area contributed by atoms with Crippen LogP contribution in [0.1, 0.15) is 25.8 Å². The van der Waals surface area contributed by atoms with Crippen LogP contribution >= 0.6 is 11.6 Å². The third-order valence-electron chi connectivity index (χ3n) is 6.57. The largest absolute Gasteiger partial charge is 0.490 e. The van der Waals surface area contributed by atoms with Crippen molar-refractivity contribution in [2.75, 3.05) is 57.4 Å². The molecule has 36 heavy (non-hydrogen) atoms. The maximum Gasteiger partial charge on any atom is 0.294 e. The Kier molecular flexibility index (Phi) is 6.88. The van der Waals surface area contributed by atoms with Gasteiger partial charge in [-0.25, -0.2) is 0 Å². The zero-order chi connectivity index (χ0) is 25.5. The van der Waals surface area contributed by atoms with E-state index in [1.54, 1.807) is 6.07 Å². The van der Waals surface area contributed by atoms with E-state index in [4.69, 9.17) is 30.5 Å². The van der Waals surface area contributed by atoms with Gasteiger partial charge in [-0.1, -0.05) is 11.6 Å². The van der Waals surface area contributed by atoms with Gasteiger partial charge in [0.05, 0.1) is 17.2 Å². The van der Waals surface area contributed by atoms with E-state index in [1.165, 1.54) is 12.1 Å². The third-order valence-corrected chi connectivity index (χ3v) is 7.62. The first-order valence-corrected chi connectivity index (χ1v) is 13.9. The second kappa shape index (κ2) is 9.81. The molecule has 0 spiro atoms. The molecule has 1 fully saturated rings. The van der Waals surface area contributed by atoms with Gasteiger partial charge in [-0.05, 0) is 32.4 Å². The fraction of sp³-hybridized carbons (Fsp3) is 0.520. The summed E-state index contributed by atoms with van der Waals surface area (Å²) in [7, 11) is -4.34. The molecule has 1 saturated heterocycles. The predicted octanol–water partition coefficient (Wildman–Crippen LogP) is 3.66. The normalized spacial score (nSPS) is 19.1. The van der Waals surface area contributed by atoms with Crippen LogP contribution in [0.15, 0.2) is 29.2 Å². The molecule has 0 amide bonds. The number of hydrogen-bond donors (Lipinski definition) is 1. The lowest BCUT2D eigenvalue weighted by molar-refractivity contribution is 0.131. The summed E-state index contributed by atoms with van der Waals surface area (Å²) in [6.45, 7) is 9.60. The molecule has 0 aliphatic carbocycles. The number of halogens is 1. The Labute approximate surface area is 216 Å². The molecule has 9 nitrogen and oxygen atoms in total. The van der Waals surface area contributed by atoms with E-state index in [2.05, 4.69) is 9.80 Å². The predicted molar refractivity (Wildman–Crippen MR) is 136 cm³/mol. The van der Waals surface area contributed by atoms with E-state index in [0.29, 0.717) is 48.5 Å². The zero-order valence-electron chi connectivity index (χ0n) is 20.5. The van der Waals surface area contributed by atoms with Gasteiger partial charge in [0.2, 0.25) is 0 Å². The van der Waals surface area contributed by atoms with Crippen molar-refractivity contribution in [1.29, 1.82) is 0 Å². The van der Waals surface area contributed by atoms with Crippen LogP contribution in [-0.2, 0) is 16.5 Å². The highest BCUT2D eigenvalue weighted by atomic mass is 35.5. The Hall–Kier alpha value is -2.40. The summed E-state index contributed by atoms with van der Waals surface area (Å²) in [5.41, 5.74) is 1.23. The molecule has 0 saturated carbocycles. The average molecular weight is 539 g/mol. The lowest BCUT2D eigenvalue weighted by Crippen LogP contribution is -2.47. The summed E-state index contributed by atoms with van der Waals surface area (Å²) < 4.78 is 56.5. The fourth-order valence-corrected chi connectivity index (χ4v) is 5.68. The van der Waals surface area contributed by atoms with Crippen LogP contribution in [0.3, 0.4) is 0 Å². The van der Waals surface area contributed by atoms with Gasteiger partial charge < -0.3 is 23.8 Å². The average Bonchev–Trinajstić information content (AvgIpc) is 3.15. The Balaban J connectivity index is 1.16. The summed E-state index contributed by atoms with van der Waals surface area (Å²) in [5.74, 6) is 2.36. The zero-order valence-corrected chi connectivity index (χ0v) is 22.0. The Bertz CT molecular complexity index is 1240. The van der Waals surface area contributed by atoms with E-state index in [-0.39, 0.29) is 4.90 Å². The lowest BCUT2D eigenvalue weighted by atomic mass is 10.0. The van der Waals surface area contributed by atoms with Gasteiger partial charge in [-0.3, -0.25) is 9.45 Å². The van der Waals surface area contributed by atoms with Gasteiger partial charge in [-0.2, -0.15) is 8.42 Å². The maximum absolute atomic E-state index is 11.7. The summed E-state index contributed by atoms with van der Waals surface area (Å²) in [6, 6.07) is 6.52. The molecule has 3 heterocycles. The summed E-state index contributed by atoms with van der Waals surface area (Å²) >= 11 is 6.31. The topological polar surface area (TPSA) is 97.8 Å². The van der Waals surface area contributed by atoms with E-state index in [9.17, 15) is 13.0 Å². The standard InChI is InChI=1S/C25H31ClN2O7S/c1-25(2)16-17-12-19(36(29,30)31)15-22(23(17)35-25)32-9-3-4-27-5-7-28(8-6-27)20-13-18(26)14-21-24(20)34-11-10-33-21/h12-15H,3-11,16H2,1-2H3,(H,29,30,31). The minimum absolute atomic E-state index is 0.175. The number of nitrogens with zero attached hydrogens (tertiary/aromatic N) is 2. The molecule has 0 atom stereocenters. The summed E-state index contributed by atoms with van der Waals surface area (Å²) in [6.07, 6.45) is 1.30. The molecule has 2 aromatic carbocycles. The number of rotatable bonds is 7. The van der Waals surface area contributed by atoms with Gasteiger partial charge in [0, 0.05) is 61.9 Å². The van der Waals surface area contributed by atoms with Crippen LogP contribution in [0.2, 0.25) is 5.02 Å². The quantitative estimate of drug-likeness (QED) is 0.418. The van der Waals surface area contributed by atoms with Gasteiger partial charge in [0.25, 0.3) is 10.1 Å². The van der Waals surface area contributed by atoms with Crippen LogP contribution in [0.25, 0.3) is 0 Å². The molecule has 3 aliphatic rings. The lowest BCUT2D eigenvalue weighted by Gasteiger charge is -2.37. The van der Waals surface area contributed by atoms with Crippen molar-refractivity contribution in [1.82, 2.24) is 4.90 Å². The fourth-order valence-electron chi connectivity index (χ4n) is 4.93. The third kappa shape index (κ3) is 5.46. The number of piperazine rings is 1. The van der Waals surface area contributed by atoms with Crippen molar-refractivity contribution in [3.05, 3.63) is 34.9 Å². The van der Waals surface area contributed by atoms with E-state index >= 15 is 0 Å². The van der Waals surface area contributed by atoms with E-state index < -0.39 is 15.7 Å². The number of anilines is 1. The van der Waals surface area contributed by atoms with Crippen LogP contribution in [-0.4, -0.2) is 76.0 Å². The SMILES string of the molecule is CC1(C)Cc2cc(S(=O)(=O)O)cc(OCCCN3CCN(c4cc(Cl)cc5c4OCCO5)CC3)c2O1. The van der Waals surface area contributed by atoms with E-state index in [0.717, 1.165) is 56.1 Å². The molecule has 0 unspecified atom stereocenters. The van der Waals surface area contributed by atoms with Crippen molar-refractivity contribution >= 4 is 27.4 Å². The number of benzene rings is 2. The van der Waals surface area contributed by atoms with Gasteiger partial charge in [0.15, 0.2) is 23.0 Å². The molecular weight excluding hydrogens is 508 g/mol. The van der Waals surface area contributed by atoms with Crippen molar-refractivity contribution in [2.24, 2.45) is 0 Å². The molecular formula is C25H31ClN2O7S. The van der Waals surface area contributed by atoms with Crippen LogP contribution < -0.4 is 23.8 Å². The molecule has 0 bridgehead atoms. The number of hydrogen-bond acceptors (Lipinski definition) is 8. The second-order valence-electron chi connectivity index (χ2n) is 9.90. The molecule has 1 N–H and O–H groups in total. The minimum Gasteiger partial charge on any atom is -0.490 e. The Morgan fingerprint density at radius 1 is 1.06 bits per heavy atom. The van der Waals surface area contributed by atoms with Crippen molar-refractivity contribution in [3.63, 3.8) is 0 Å². The first kappa shape index (κ1) is 25.3. The van der Waals surface area contributed by atoms with Gasteiger partial charge in [0.1, 0.15) is 18.8 Å². The summed E-state index contributed by atoms with van der Waals surface area (Å²) in [5, 5.41) is 0.630. The summed E-state index contributed by atoms with van der Waals surface area (Å²) in [4.78, 5) is 4.47. The van der Waals surface area contributed by atoms with Crippen molar-refractivity contribution < 1.29 is 31.9 Å². The molecule has 0 aromatic heterocycles. The van der Waals surface area contributed by atoms with Crippen LogP contribution in [0.4, 0.5) is 5.69 Å². The Morgan fingerprint density at radius 3 is 2.56 bits per heavy atom. The maximum atomic E-state index is 11.7. The highest BCUT2D eigenvalue weighted by Gasteiger charge is 2.34. The second-order valence-corrected chi connectivity index (χ2v) is 11.8. The molecule has 5 rings (SSSR count). The Morgan fingerprint density at radius 2 is 1.81 bits per heavy atom. The molecule has 3 aliphatic heterocycles. The van der Waals surface area contributed by atoms with Crippen LogP contribution in [0.5, 0.6) is 23.0 Å². The molecule has 196 valence electrons. The highest BCUT2D eigenvalue weighted by Crippen LogP contribution is 2.44. The smallest absolute Gasteiger partial charge is 0.294 e. The monoisotopic (exact) mass is 538 g/mol. The van der Waals surface area contributed by atoms with Crippen molar-refractivity contribution in [2.45, 2.75) is 37.2 Å². The molecule has 2 aromatic rings. The minimum atomic E-state index is -4.34.